The number of hydroxylamine groups is 1. The fraction of sp³-hybridized carbons (Fsp3) is 0.174. The largest absolute Gasteiger partial charge is 0.491 e. The molecule has 3 rings (SSSR count). The molecule has 0 aliphatic heterocycles. The van der Waals surface area contributed by atoms with Crippen LogP contribution in [-0.2, 0) is 4.79 Å². The lowest BCUT2D eigenvalue weighted by Gasteiger charge is -2.16. The molecule has 1 unspecified atom stereocenters. The molecule has 4 heteroatoms. The van der Waals surface area contributed by atoms with Crippen LogP contribution in [0.3, 0.4) is 0 Å². The third-order valence-electron chi connectivity index (χ3n) is 4.31. The van der Waals surface area contributed by atoms with E-state index in [1.54, 1.807) is 5.48 Å². The Morgan fingerprint density at radius 1 is 0.815 bits per heavy atom. The lowest BCUT2D eigenvalue weighted by molar-refractivity contribution is -0.129. The lowest BCUT2D eigenvalue weighted by atomic mass is 9.89. The van der Waals surface area contributed by atoms with E-state index in [1.165, 1.54) is 0 Å². The standard InChI is InChI=1S/C23H23NO3/c1-16(2)27-21-14-12-18(13-15-21)17-8-10-20(11-9-17)22(23(25)24-26)19-6-4-3-5-7-19/h3-16,22,26H,1-2H3,(H,24,25). The summed E-state index contributed by atoms with van der Waals surface area (Å²) >= 11 is 0. The molecule has 0 aliphatic rings. The van der Waals surface area contributed by atoms with Gasteiger partial charge in [0.05, 0.1) is 12.0 Å². The van der Waals surface area contributed by atoms with Gasteiger partial charge in [0.25, 0.3) is 5.91 Å². The summed E-state index contributed by atoms with van der Waals surface area (Å²) in [6.07, 6.45) is 0.141. The van der Waals surface area contributed by atoms with Gasteiger partial charge in [-0.25, -0.2) is 5.48 Å². The van der Waals surface area contributed by atoms with Crippen LogP contribution in [0.5, 0.6) is 5.75 Å². The van der Waals surface area contributed by atoms with Crippen molar-refractivity contribution in [2.24, 2.45) is 0 Å². The highest BCUT2D eigenvalue weighted by atomic mass is 16.5. The maximum atomic E-state index is 12.2. The molecule has 0 saturated heterocycles. The summed E-state index contributed by atoms with van der Waals surface area (Å²) in [5, 5.41) is 9.14. The number of benzene rings is 3. The molecule has 0 fully saturated rings. The fourth-order valence-electron chi connectivity index (χ4n) is 3.07. The Labute approximate surface area is 159 Å². The van der Waals surface area contributed by atoms with Crippen LogP contribution in [0.15, 0.2) is 78.9 Å². The van der Waals surface area contributed by atoms with Crippen molar-refractivity contribution in [1.82, 2.24) is 5.48 Å². The summed E-state index contributed by atoms with van der Waals surface area (Å²) < 4.78 is 5.68. The van der Waals surface area contributed by atoms with Gasteiger partial charge in [-0.3, -0.25) is 10.0 Å². The first kappa shape index (κ1) is 18.7. The van der Waals surface area contributed by atoms with Crippen molar-refractivity contribution in [2.75, 3.05) is 0 Å². The van der Waals surface area contributed by atoms with Gasteiger partial charge >= 0.3 is 0 Å². The highest BCUT2D eigenvalue weighted by Crippen LogP contribution is 2.28. The molecule has 0 radical (unpaired) electrons. The van der Waals surface area contributed by atoms with E-state index in [-0.39, 0.29) is 6.10 Å². The summed E-state index contributed by atoms with van der Waals surface area (Å²) in [5.41, 5.74) is 5.54. The number of hydrogen-bond acceptors (Lipinski definition) is 3. The normalized spacial score (nSPS) is 11.9. The lowest BCUT2D eigenvalue weighted by Crippen LogP contribution is -2.27. The molecule has 0 bridgehead atoms. The summed E-state index contributed by atoms with van der Waals surface area (Å²) in [7, 11) is 0. The van der Waals surface area contributed by atoms with Crippen molar-refractivity contribution >= 4 is 5.91 Å². The van der Waals surface area contributed by atoms with Gasteiger partial charge in [0.1, 0.15) is 5.75 Å². The van der Waals surface area contributed by atoms with Gasteiger partial charge in [0.15, 0.2) is 0 Å². The topological polar surface area (TPSA) is 58.6 Å². The summed E-state index contributed by atoms with van der Waals surface area (Å²) in [6.45, 7) is 4.00. The highest BCUT2D eigenvalue weighted by molar-refractivity contribution is 5.86. The average Bonchev–Trinajstić information content (AvgIpc) is 2.69. The molecule has 0 aliphatic carbocycles. The van der Waals surface area contributed by atoms with Gasteiger partial charge in [-0.1, -0.05) is 66.7 Å². The van der Waals surface area contributed by atoms with Crippen LogP contribution in [0.2, 0.25) is 0 Å². The van der Waals surface area contributed by atoms with Crippen LogP contribution >= 0.6 is 0 Å². The first-order chi connectivity index (χ1) is 13.1. The minimum absolute atomic E-state index is 0.141. The Morgan fingerprint density at radius 2 is 1.33 bits per heavy atom. The Balaban J connectivity index is 1.86. The van der Waals surface area contributed by atoms with E-state index in [1.807, 2.05) is 92.7 Å². The zero-order valence-corrected chi connectivity index (χ0v) is 15.4. The molecular weight excluding hydrogens is 338 g/mol. The van der Waals surface area contributed by atoms with E-state index in [4.69, 9.17) is 9.94 Å². The summed E-state index contributed by atoms with van der Waals surface area (Å²) in [5.74, 6) is -0.176. The van der Waals surface area contributed by atoms with Crippen molar-refractivity contribution in [3.8, 4) is 16.9 Å². The fourth-order valence-corrected chi connectivity index (χ4v) is 3.07. The molecule has 138 valence electrons. The van der Waals surface area contributed by atoms with Crippen molar-refractivity contribution < 1.29 is 14.7 Å². The third kappa shape index (κ3) is 4.54. The van der Waals surface area contributed by atoms with Crippen molar-refractivity contribution in [2.45, 2.75) is 25.9 Å². The molecule has 3 aromatic rings. The maximum absolute atomic E-state index is 12.2. The number of nitrogens with one attached hydrogen (secondary N) is 1. The summed E-state index contributed by atoms with van der Waals surface area (Å²) in [6, 6.07) is 25.1. The second-order valence-electron chi connectivity index (χ2n) is 6.63. The van der Waals surface area contributed by atoms with Gasteiger partial charge in [-0.05, 0) is 48.2 Å². The van der Waals surface area contributed by atoms with E-state index < -0.39 is 11.8 Å². The highest BCUT2D eigenvalue weighted by Gasteiger charge is 2.22. The molecule has 0 saturated carbocycles. The maximum Gasteiger partial charge on any atom is 0.255 e. The first-order valence-corrected chi connectivity index (χ1v) is 8.94. The smallest absolute Gasteiger partial charge is 0.255 e. The van der Waals surface area contributed by atoms with Gasteiger partial charge in [-0.15, -0.1) is 0 Å². The Morgan fingerprint density at radius 3 is 1.85 bits per heavy atom. The number of carbonyl (C=O) groups excluding carboxylic acids is 1. The van der Waals surface area contributed by atoms with E-state index in [9.17, 15) is 4.79 Å². The first-order valence-electron chi connectivity index (χ1n) is 8.94. The molecule has 0 heterocycles. The van der Waals surface area contributed by atoms with E-state index in [2.05, 4.69) is 0 Å². The molecule has 2 N–H and O–H groups in total. The van der Waals surface area contributed by atoms with Crippen LogP contribution in [0.4, 0.5) is 0 Å². The monoisotopic (exact) mass is 361 g/mol. The number of rotatable bonds is 6. The van der Waals surface area contributed by atoms with Crippen LogP contribution < -0.4 is 10.2 Å². The second-order valence-corrected chi connectivity index (χ2v) is 6.63. The Bertz CT molecular complexity index is 872. The van der Waals surface area contributed by atoms with Crippen molar-refractivity contribution in [3.05, 3.63) is 90.0 Å². The molecule has 3 aromatic carbocycles. The predicted molar refractivity (Wildman–Crippen MR) is 106 cm³/mol. The number of hydrogen-bond donors (Lipinski definition) is 2. The zero-order valence-electron chi connectivity index (χ0n) is 15.4. The Kier molecular flexibility index (Phi) is 5.89. The molecule has 1 atom stereocenters. The van der Waals surface area contributed by atoms with Gasteiger partial charge in [-0.2, -0.15) is 0 Å². The summed E-state index contributed by atoms with van der Waals surface area (Å²) in [4.78, 5) is 12.2. The van der Waals surface area contributed by atoms with Gasteiger partial charge in [0, 0.05) is 0 Å². The van der Waals surface area contributed by atoms with E-state index in [0.717, 1.165) is 28.0 Å². The van der Waals surface area contributed by atoms with E-state index in [0.29, 0.717) is 0 Å². The molecule has 0 spiro atoms. The van der Waals surface area contributed by atoms with Crippen LogP contribution in [0.1, 0.15) is 30.9 Å². The number of carbonyl (C=O) groups is 1. The molecular formula is C23H23NO3. The third-order valence-corrected chi connectivity index (χ3v) is 4.31. The molecule has 0 aromatic heterocycles. The number of ether oxygens (including phenoxy) is 1. The molecule has 1 amide bonds. The Hall–Kier alpha value is -3.11. The number of amides is 1. The average molecular weight is 361 g/mol. The zero-order chi connectivity index (χ0) is 19.2. The second kappa shape index (κ2) is 8.52. The predicted octanol–water partition coefficient (Wildman–Crippen LogP) is 4.78. The minimum Gasteiger partial charge on any atom is -0.491 e. The van der Waals surface area contributed by atoms with Crippen molar-refractivity contribution in [1.29, 1.82) is 0 Å². The van der Waals surface area contributed by atoms with Crippen LogP contribution in [0, 0.1) is 0 Å². The van der Waals surface area contributed by atoms with Gasteiger partial charge in [0.2, 0.25) is 0 Å². The van der Waals surface area contributed by atoms with Crippen LogP contribution in [-0.4, -0.2) is 17.2 Å². The van der Waals surface area contributed by atoms with Gasteiger partial charge < -0.3 is 4.74 Å². The molecule has 4 nitrogen and oxygen atoms in total. The van der Waals surface area contributed by atoms with Crippen molar-refractivity contribution in [3.63, 3.8) is 0 Å². The van der Waals surface area contributed by atoms with Crippen LogP contribution in [0.25, 0.3) is 11.1 Å². The minimum atomic E-state index is -0.563. The van der Waals surface area contributed by atoms with E-state index >= 15 is 0 Å². The molecule has 27 heavy (non-hydrogen) atoms. The quantitative estimate of drug-likeness (QED) is 0.491. The SMILES string of the molecule is CC(C)Oc1ccc(-c2ccc(C(C(=O)NO)c3ccccc3)cc2)cc1.